The zero-order chi connectivity index (χ0) is 12.1. The van der Waals surface area contributed by atoms with Crippen molar-refractivity contribution in [3.63, 3.8) is 0 Å². The molecule has 1 aromatic rings. The average Bonchev–Trinajstić information content (AvgIpc) is 2.84. The van der Waals surface area contributed by atoms with Crippen LogP contribution in [0.1, 0.15) is 35.2 Å². The molecule has 1 N–H and O–H groups in total. The number of hydrogen-bond donors (Lipinski definition) is 1. The molecule has 0 unspecified atom stereocenters. The van der Waals surface area contributed by atoms with E-state index < -0.39 is 0 Å². The lowest BCUT2D eigenvalue weighted by atomic mass is 9.83. The molecule has 1 aromatic carbocycles. The van der Waals surface area contributed by atoms with Gasteiger partial charge in [-0.25, -0.2) is 0 Å². The zero-order valence-corrected chi connectivity index (χ0v) is 9.86. The van der Waals surface area contributed by atoms with Crippen molar-refractivity contribution < 1.29 is 14.3 Å². The van der Waals surface area contributed by atoms with E-state index in [4.69, 9.17) is 9.47 Å². The first-order chi connectivity index (χ1) is 8.83. The van der Waals surface area contributed by atoms with E-state index in [1.807, 2.05) is 6.07 Å². The standard InChI is InChI=1S/C14H13NO3/c16-14-10-6-13-12(17-7-18-13)5-9(10)8-3-1-2-4-11(8)15-14/h3,5-6,11H,1-2,4,7H2,(H,15,16)/t11-/m0/s1. The van der Waals surface area contributed by atoms with E-state index in [-0.39, 0.29) is 18.7 Å². The molecule has 0 bridgehead atoms. The van der Waals surface area contributed by atoms with Gasteiger partial charge < -0.3 is 14.8 Å². The average molecular weight is 243 g/mol. The van der Waals surface area contributed by atoms with E-state index in [0.29, 0.717) is 11.3 Å². The first-order valence-corrected chi connectivity index (χ1v) is 6.28. The van der Waals surface area contributed by atoms with Crippen LogP contribution in [0.4, 0.5) is 0 Å². The number of allylic oxidation sites excluding steroid dienone is 1. The van der Waals surface area contributed by atoms with E-state index >= 15 is 0 Å². The Morgan fingerprint density at radius 3 is 2.78 bits per heavy atom. The molecule has 1 amide bonds. The Balaban J connectivity index is 1.93. The smallest absolute Gasteiger partial charge is 0.252 e. The van der Waals surface area contributed by atoms with Gasteiger partial charge in [-0.2, -0.15) is 0 Å². The summed E-state index contributed by atoms with van der Waals surface area (Å²) in [6.45, 7) is 0.238. The maximum absolute atomic E-state index is 12.1. The minimum Gasteiger partial charge on any atom is -0.454 e. The summed E-state index contributed by atoms with van der Waals surface area (Å²) in [5.41, 5.74) is 2.94. The van der Waals surface area contributed by atoms with Gasteiger partial charge in [0, 0.05) is 0 Å². The molecule has 0 saturated carbocycles. The Morgan fingerprint density at radius 2 is 1.94 bits per heavy atom. The third kappa shape index (κ3) is 1.29. The van der Waals surface area contributed by atoms with Crippen molar-refractivity contribution in [2.75, 3.05) is 6.79 Å². The molecular weight excluding hydrogens is 230 g/mol. The van der Waals surface area contributed by atoms with Gasteiger partial charge in [-0.05, 0) is 42.5 Å². The summed E-state index contributed by atoms with van der Waals surface area (Å²) in [5, 5.41) is 3.06. The molecule has 0 radical (unpaired) electrons. The molecule has 1 atom stereocenters. The molecule has 0 aromatic heterocycles. The molecule has 0 spiro atoms. The van der Waals surface area contributed by atoms with E-state index in [1.54, 1.807) is 6.07 Å². The summed E-state index contributed by atoms with van der Waals surface area (Å²) < 4.78 is 10.7. The molecular formula is C14H13NO3. The molecule has 2 aliphatic heterocycles. The van der Waals surface area contributed by atoms with Crippen molar-refractivity contribution in [3.8, 4) is 11.5 Å². The third-order valence-electron chi connectivity index (χ3n) is 3.81. The number of nitrogens with one attached hydrogen (secondary N) is 1. The van der Waals surface area contributed by atoms with Crippen LogP contribution < -0.4 is 14.8 Å². The van der Waals surface area contributed by atoms with Crippen LogP contribution >= 0.6 is 0 Å². The minimum absolute atomic E-state index is 0.00708. The fraction of sp³-hybridized carbons (Fsp3) is 0.357. The normalized spacial score (nSPS) is 23.9. The van der Waals surface area contributed by atoms with Crippen molar-refractivity contribution in [2.45, 2.75) is 25.3 Å². The second-order valence-corrected chi connectivity index (χ2v) is 4.87. The van der Waals surface area contributed by atoms with Crippen LogP contribution in [-0.2, 0) is 0 Å². The maximum Gasteiger partial charge on any atom is 0.252 e. The van der Waals surface area contributed by atoms with Gasteiger partial charge in [0.15, 0.2) is 11.5 Å². The number of rotatable bonds is 0. The van der Waals surface area contributed by atoms with Crippen molar-refractivity contribution in [2.24, 2.45) is 0 Å². The number of ether oxygens (including phenoxy) is 2. The van der Waals surface area contributed by atoms with Crippen molar-refractivity contribution in [3.05, 3.63) is 29.3 Å². The van der Waals surface area contributed by atoms with E-state index in [2.05, 4.69) is 11.4 Å². The highest BCUT2D eigenvalue weighted by atomic mass is 16.7. The summed E-state index contributed by atoms with van der Waals surface area (Å²) in [4.78, 5) is 12.1. The van der Waals surface area contributed by atoms with Crippen molar-refractivity contribution in [1.82, 2.24) is 5.32 Å². The second kappa shape index (κ2) is 3.51. The number of hydrogen-bond acceptors (Lipinski definition) is 3. The van der Waals surface area contributed by atoms with Crippen LogP contribution in [0, 0.1) is 0 Å². The number of benzene rings is 1. The van der Waals surface area contributed by atoms with Gasteiger partial charge in [-0.1, -0.05) is 6.08 Å². The molecule has 18 heavy (non-hydrogen) atoms. The van der Waals surface area contributed by atoms with Crippen LogP contribution in [0.15, 0.2) is 18.2 Å². The predicted molar refractivity (Wildman–Crippen MR) is 65.6 cm³/mol. The SMILES string of the molecule is O=C1N[C@H]2CCCC=C2c2cc3c(cc21)OCO3. The number of fused-ring (bicyclic) bond motifs is 4. The number of carbonyl (C=O) groups excluding carboxylic acids is 1. The van der Waals surface area contributed by atoms with Crippen LogP contribution in [0.5, 0.6) is 11.5 Å². The largest absolute Gasteiger partial charge is 0.454 e. The second-order valence-electron chi connectivity index (χ2n) is 4.87. The van der Waals surface area contributed by atoms with Crippen LogP contribution in [0.25, 0.3) is 5.57 Å². The first kappa shape index (κ1) is 10.00. The van der Waals surface area contributed by atoms with Crippen molar-refractivity contribution in [1.29, 1.82) is 0 Å². The fourth-order valence-corrected chi connectivity index (χ4v) is 2.93. The Labute approximate surface area is 105 Å². The molecule has 0 saturated heterocycles. The molecule has 4 rings (SSSR count). The number of amides is 1. The van der Waals surface area contributed by atoms with E-state index in [9.17, 15) is 4.79 Å². The van der Waals surface area contributed by atoms with Gasteiger partial charge in [-0.15, -0.1) is 0 Å². The van der Waals surface area contributed by atoms with Gasteiger partial charge >= 0.3 is 0 Å². The van der Waals surface area contributed by atoms with Gasteiger partial charge in [0.1, 0.15) is 0 Å². The highest BCUT2D eigenvalue weighted by Crippen LogP contribution is 2.41. The van der Waals surface area contributed by atoms with Gasteiger partial charge in [-0.3, -0.25) is 4.79 Å². The van der Waals surface area contributed by atoms with Gasteiger partial charge in [0.25, 0.3) is 5.91 Å². The molecule has 4 nitrogen and oxygen atoms in total. The topological polar surface area (TPSA) is 47.6 Å². The summed E-state index contributed by atoms with van der Waals surface area (Å²) in [5.74, 6) is 1.40. The Hall–Kier alpha value is -1.97. The van der Waals surface area contributed by atoms with E-state index in [0.717, 1.165) is 30.6 Å². The monoisotopic (exact) mass is 243 g/mol. The molecule has 3 aliphatic rings. The fourth-order valence-electron chi connectivity index (χ4n) is 2.93. The maximum atomic E-state index is 12.1. The lowest BCUT2D eigenvalue weighted by Gasteiger charge is -2.31. The van der Waals surface area contributed by atoms with E-state index in [1.165, 1.54) is 5.57 Å². The molecule has 4 heteroatoms. The highest BCUT2D eigenvalue weighted by molar-refractivity contribution is 6.04. The highest BCUT2D eigenvalue weighted by Gasteiger charge is 2.32. The minimum atomic E-state index is -0.00708. The zero-order valence-electron chi connectivity index (χ0n) is 9.86. The van der Waals surface area contributed by atoms with Gasteiger partial charge in [0.05, 0.1) is 11.6 Å². The molecule has 0 fully saturated rings. The molecule has 1 aliphatic carbocycles. The lowest BCUT2D eigenvalue weighted by molar-refractivity contribution is 0.0937. The predicted octanol–water partition coefficient (Wildman–Crippen LogP) is 2.09. The van der Waals surface area contributed by atoms with Crippen molar-refractivity contribution >= 4 is 11.5 Å². The summed E-state index contributed by atoms with van der Waals surface area (Å²) >= 11 is 0. The Morgan fingerprint density at radius 1 is 1.17 bits per heavy atom. The lowest BCUT2D eigenvalue weighted by Crippen LogP contribution is -2.41. The molecule has 92 valence electrons. The summed E-state index contributed by atoms with van der Waals surface area (Å²) in [7, 11) is 0. The summed E-state index contributed by atoms with van der Waals surface area (Å²) in [6, 6.07) is 3.90. The van der Waals surface area contributed by atoms with Crippen LogP contribution in [0.3, 0.4) is 0 Å². The first-order valence-electron chi connectivity index (χ1n) is 6.28. The third-order valence-corrected chi connectivity index (χ3v) is 3.81. The Kier molecular flexibility index (Phi) is 1.95. The van der Waals surface area contributed by atoms with Crippen LogP contribution in [-0.4, -0.2) is 18.7 Å². The molecule has 2 heterocycles. The van der Waals surface area contributed by atoms with Gasteiger partial charge in [0.2, 0.25) is 6.79 Å². The van der Waals surface area contributed by atoms with Crippen LogP contribution in [0.2, 0.25) is 0 Å². The Bertz CT molecular complexity index is 577. The quantitative estimate of drug-likeness (QED) is 0.759. The number of carbonyl (C=O) groups is 1. The summed E-state index contributed by atoms with van der Waals surface area (Å²) in [6.07, 6.45) is 5.46.